The van der Waals surface area contributed by atoms with Crippen LogP contribution in [0.4, 0.5) is 0 Å². The van der Waals surface area contributed by atoms with Crippen LogP contribution < -0.4 is 11.1 Å². The first-order valence-electron chi connectivity index (χ1n) is 8.55. The summed E-state index contributed by atoms with van der Waals surface area (Å²) in [6, 6.07) is 15.4. The van der Waals surface area contributed by atoms with Crippen molar-refractivity contribution in [3.05, 3.63) is 71.8 Å². The Balaban J connectivity index is 2.16. The molecule has 2 aromatic rings. The van der Waals surface area contributed by atoms with E-state index in [2.05, 4.69) is 5.32 Å². The lowest BCUT2D eigenvalue weighted by molar-refractivity contribution is -0.161. The molecule has 0 aromatic heterocycles. The van der Waals surface area contributed by atoms with Gasteiger partial charge in [0.25, 0.3) is 11.8 Å². The van der Waals surface area contributed by atoms with Gasteiger partial charge >= 0.3 is 5.97 Å². The number of nitrogens with one attached hydrogen (secondary N) is 1. The quantitative estimate of drug-likeness (QED) is 0.396. The fourth-order valence-corrected chi connectivity index (χ4v) is 2.74. The number of hydrogen-bond acceptors (Lipinski definition) is 5. The van der Waals surface area contributed by atoms with E-state index < -0.39 is 42.0 Å². The van der Waals surface area contributed by atoms with Crippen LogP contribution in [0.2, 0.25) is 0 Å². The van der Waals surface area contributed by atoms with Crippen molar-refractivity contribution < 1.29 is 29.7 Å². The maximum atomic E-state index is 12.4. The minimum Gasteiger partial charge on any atom is -0.480 e. The predicted molar refractivity (Wildman–Crippen MR) is 100 cm³/mol. The highest BCUT2D eigenvalue weighted by molar-refractivity contribution is 5.95. The number of carbonyl (C=O) groups excluding carboxylic acids is 2. The Labute approximate surface area is 161 Å². The molecular formula is C20H22N2O6. The van der Waals surface area contributed by atoms with Crippen molar-refractivity contribution in [2.24, 2.45) is 5.73 Å². The SMILES string of the molecule is NC(=O)C(O)(Cc1ccccc1)C(O)C(=O)NC(Cc1ccccc1)C(=O)O. The number of primary amides is 1. The summed E-state index contributed by atoms with van der Waals surface area (Å²) >= 11 is 0. The van der Waals surface area contributed by atoms with Crippen LogP contribution in [0.25, 0.3) is 0 Å². The second-order valence-corrected chi connectivity index (χ2v) is 6.44. The Kier molecular flexibility index (Phi) is 6.86. The van der Waals surface area contributed by atoms with Crippen LogP contribution in [0.3, 0.4) is 0 Å². The number of carboxylic acid groups (broad SMARTS) is 1. The third-order valence-electron chi connectivity index (χ3n) is 4.34. The number of aliphatic carboxylic acids is 1. The minimum atomic E-state index is -2.60. The molecule has 0 fully saturated rings. The second kappa shape index (κ2) is 9.12. The molecule has 0 bridgehead atoms. The van der Waals surface area contributed by atoms with Crippen LogP contribution in [0.1, 0.15) is 11.1 Å². The van der Waals surface area contributed by atoms with Crippen LogP contribution in [0.5, 0.6) is 0 Å². The summed E-state index contributed by atoms with van der Waals surface area (Å²) in [4.78, 5) is 35.7. The molecule has 8 heteroatoms. The summed E-state index contributed by atoms with van der Waals surface area (Å²) in [6.07, 6.45) is -2.70. The van der Waals surface area contributed by atoms with E-state index in [0.29, 0.717) is 11.1 Å². The molecule has 0 radical (unpaired) electrons. The lowest BCUT2D eigenvalue weighted by Gasteiger charge is -2.30. The van der Waals surface area contributed by atoms with Gasteiger partial charge in [-0.05, 0) is 11.1 Å². The van der Waals surface area contributed by atoms with Gasteiger partial charge in [0.1, 0.15) is 6.04 Å². The van der Waals surface area contributed by atoms with Crippen LogP contribution in [-0.4, -0.2) is 50.9 Å². The van der Waals surface area contributed by atoms with Crippen molar-refractivity contribution in [2.45, 2.75) is 30.6 Å². The molecule has 0 saturated carbocycles. The molecule has 2 aromatic carbocycles. The average Bonchev–Trinajstić information content (AvgIpc) is 2.68. The third-order valence-corrected chi connectivity index (χ3v) is 4.34. The summed E-state index contributed by atoms with van der Waals surface area (Å²) in [6.45, 7) is 0. The number of hydrogen-bond donors (Lipinski definition) is 5. The summed E-state index contributed by atoms with van der Waals surface area (Å²) in [5, 5.41) is 32.4. The zero-order chi connectivity index (χ0) is 20.7. The minimum absolute atomic E-state index is 0.0394. The standard InChI is InChI=1S/C20H22N2O6/c21-19(27)20(28,12-14-9-5-2-6-10-14)16(23)17(24)22-15(18(25)26)11-13-7-3-1-4-8-13/h1-10,15-16,23,28H,11-12H2,(H2,21,27)(H,22,24)(H,25,26). The zero-order valence-corrected chi connectivity index (χ0v) is 15.0. The molecule has 6 N–H and O–H groups in total. The van der Waals surface area contributed by atoms with Gasteiger partial charge in [0, 0.05) is 12.8 Å². The van der Waals surface area contributed by atoms with Gasteiger partial charge in [-0.1, -0.05) is 60.7 Å². The van der Waals surface area contributed by atoms with Crippen molar-refractivity contribution in [1.29, 1.82) is 0 Å². The van der Waals surface area contributed by atoms with Gasteiger partial charge in [-0.25, -0.2) is 4.79 Å². The van der Waals surface area contributed by atoms with Crippen molar-refractivity contribution in [3.8, 4) is 0 Å². The second-order valence-electron chi connectivity index (χ2n) is 6.44. The van der Waals surface area contributed by atoms with Gasteiger partial charge in [0.2, 0.25) is 0 Å². The first kappa shape index (κ1) is 21.1. The predicted octanol–water partition coefficient (Wildman–Crippen LogP) is -0.381. The summed E-state index contributed by atoms with van der Waals surface area (Å²) < 4.78 is 0. The molecule has 2 amide bonds. The molecule has 28 heavy (non-hydrogen) atoms. The molecule has 0 aliphatic carbocycles. The highest BCUT2D eigenvalue weighted by atomic mass is 16.4. The number of aliphatic hydroxyl groups is 2. The van der Waals surface area contributed by atoms with Crippen LogP contribution >= 0.6 is 0 Å². The lowest BCUT2D eigenvalue weighted by Crippen LogP contribution is -2.61. The summed E-state index contributed by atoms with van der Waals surface area (Å²) in [5.74, 6) is -3.83. The number of carbonyl (C=O) groups is 3. The molecule has 3 unspecified atom stereocenters. The zero-order valence-electron chi connectivity index (χ0n) is 15.0. The number of carboxylic acids is 1. The molecule has 2 rings (SSSR count). The highest BCUT2D eigenvalue weighted by Crippen LogP contribution is 2.19. The number of nitrogens with two attached hydrogens (primary N) is 1. The molecular weight excluding hydrogens is 364 g/mol. The van der Waals surface area contributed by atoms with Gasteiger partial charge < -0.3 is 26.4 Å². The largest absolute Gasteiger partial charge is 0.480 e. The number of aliphatic hydroxyl groups excluding tert-OH is 1. The van der Waals surface area contributed by atoms with Crippen molar-refractivity contribution in [2.75, 3.05) is 0 Å². The number of amides is 2. The van der Waals surface area contributed by atoms with Gasteiger partial charge in [-0.2, -0.15) is 0 Å². The van der Waals surface area contributed by atoms with E-state index >= 15 is 0 Å². The van der Waals surface area contributed by atoms with E-state index in [4.69, 9.17) is 5.73 Å². The van der Waals surface area contributed by atoms with E-state index in [1.807, 2.05) is 0 Å². The molecule has 3 atom stereocenters. The Morgan fingerprint density at radius 1 is 0.964 bits per heavy atom. The van der Waals surface area contributed by atoms with Crippen LogP contribution in [-0.2, 0) is 27.2 Å². The van der Waals surface area contributed by atoms with Crippen molar-refractivity contribution >= 4 is 17.8 Å². The van der Waals surface area contributed by atoms with Crippen LogP contribution in [0.15, 0.2) is 60.7 Å². The normalized spacial score (nSPS) is 15.1. The summed E-state index contributed by atoms with van der Waals surface area (Å²) in [5.41, 5.74) is 3.75. The number of benzene rings is 2. The molecule has 148 valence electrons. The van der Waals surface area contributed by atoms with E-state index in [0.717, 1.165) is 0 Å². The first-order valence-corrected chi connectivity index (χ1v) is 8.55. The molecule has 0 aliphatic rings. The van der Waals surface area contributed by atoms with E-state index in [1.165, 1.54) is 0 Å². The van der Waals surface area contributed by atoms with E-state index in [-0.39, 0.29) is 6.42 Å². The fourth-order valence-electron chi connectivity index (χ4n) is 2.74. The monoisotopic (exact) mass is 386 g/mol. The smallest absolute Gasteiger partial charge is 0.326 e. The van der Waals surface area contributed by atoms with Crippen molar-refractivity contribution in [1.82, 2.24) is 5.32 Å². The van der Waals surface area contributed by atoms with Gasteiger partial charge in [0.05, 0.1) is 0 Å². The Bertz CT molecular complexity index is 827. The van der Waals surface area contributed by atoms with Gasteiger partial charge in [-0.15, -0.1) is 0 Å². The Morgan fingerprint density at radius 3 is 1.93 bits per heavy atom. The summed E-state index contributed by atoms with van der Waals surface area (Å²) in [7, 11) is 0. The molecule has 0 heterocycles. The Hall–Kier alpha value is -3.23. The van der Waals surface area contributed by atoms with Crippen molar-refractivity contribution in [3.63, 3.8) is 0 Å². The fraction of sp³-hybridized carbons (Fsp3) is 0.250. The number of rotatable bonds is 9. The van der Waals surface area contributed by atoms with Crippen LogP contribution in [0, 0.1) is 0 Å². The van der Waals surface area contributed by atoms with E-state index in [9.17, 15) is 29.7 Å². The lowest BCUT2D eigenvalue weighted by atomic mass is 9.87. The first-order chi connectivity index (χ1) is 13.2. The molecule has 8 nitrogen and oxygen atoms in total. The van der Waals surface area contributed by atoms with E-state index in [1.54, 1.807) is 60.7 Å². The molecule has 0 aliphatic heterocycles. The average molecular weight is 386 g/mol. The van der Waals surface area contributed by atoms with Gasteiger partial charge in [-0.3, -0.25) is 9.59 Å². The van der Waals surface area contributed by atoms with Gasteiger partial charge in [0.15, 0.2) is 11.7 Å². The maximum Gasteiger partial charge on any atom is 0.326 e. The Morgan fingerprint density at radius 2 is 1.46 bits per heavy atom. The third kappa shape index (κ3) is 5.15. The molecule has 0 spiro atoms. The maximum absolute atomic E-state index is 12.4. The topological polar surface area (TPSA) is 150 Å². The molecule has 0 saturated heterocycles. The highest BCUT2D eigenvalue weighted by Gasteiger charge is 2.46.